The van der Waals surface area contributed by atoms with Crippen molar-refractivity contribution in [2.75, 3.05) is 50.1 Å². The van der Waals surface area contributed by atoms with E-state index in [1.807, 2.05) is 48.5 Å². The largest absolute Gasteiger partial charge is 0.351 e. The first kappa shape index (κ1) is 23.1. The van der Waals surface area contributed by atoms with Gasteiger partial charge in [-0.2, -0.15) is 4.98 Å². The van der Waals surface area contributed by atoms with Crippen LogP contribution in [0.25, 0.3) is 32.8 Å². The molecule has 4 aromatic rings. The van der Waals surface area contributed by atoms with E-state index >= 15 is 4.39 Å². The van der Waals surface area contributed by atoms with Gasteiger partial charge in [-0.3, -0.25) is 0 Å². The van der Waals surface area contributed by atoms with E-state index in [2.05, 4.69) is 34.1 Å². The lowest BCUT2D eigenvalue weighted by molar-refractivity contribution is 0.245. The van der Waals surface area contributed by atoms with E-state index in [9.17, 15) is 0 Å². The second-order valence-electron chi connectivity index (χ2n) is 10.7. The summed E-state index contributed by atoms with van der Waals surface area (Å²) in [7, 11) is 4.18. The van der Waals surface area contributed by atoms with Crippen molar-refractivity contribution in [3.05, 3.63) is 59.4 Å². The summed E-state index contributed by atoms with van der Waals surface area (Å²) in [4.78, 5) is 16.6. The first-order valence-electron chi connectivity index (χ1n) is 13.1. The molecule has 4 heterocycles. The molecule has 1 aromatic heterocycles. The van der Waals surface area contributed by atoms with E-state index in [0.717, 1.165) is 61.2 Å². The van der Waals surface area contributed by atoms with Crippen molar-refractivity contribution in [1.29, 1.82) is 0 Å². The fraction of sp³-hybridized carbons (Fsp3) is 0.379. The maximum absolute atomic E-state index is 16.6. The van der Waals surface area contributed by atoms with Crippen LogP contribution in [0.3, 0.4) is 0 Å². The molecule has 0 bridgehead atoms. The van der Waals surface area contributed by atoms with E-state index < -0.39 is 0 Å². The number of anilines is 2. The minimum Gasteiger partial charge on any atom is -0.351 e. The van der Waals surface area contributed by atoms with Crippen LogP contribution in [0, 0.1) is 5.82 Å². The number of nitrogens with one attached hydrogen (secondary N) is 1. The van der Waals surface area contributed by atoms with E-state index in [0.29, 0.717) is 45.6 Å². The molecule has 37 heavy (non-hydrogen) atoms. The molecule has 8 heteroatoms. The molecule has 3 aromatic carbocycles. The average Bonchev–Trinajstić information content (AvgIpc) is 3.47. The van der Waals surface area contributed by atoms with Crippen LogP contribution in [-0.4, -0.2) is 73.3 Å². The molecule has 2 atom stereocenters. The monoisotopic (exact) mass is 516 g/mol. The Hall–Kier alpha value is -3.00. The molecule has 2 unspecified atom stereocenters. The molecule has 190 valence electrons. The topological polar surface area (TPSA) is 47.5 Å². The highest BCUT2D eigenvalue weighted by atomic mass is 35.5. The summed E-state index contributed by atoms with van der Waals surface area (Å²) >= 11 is 6.89. The average molecular weight is 517 g/mol. The predicted molar refractivity (Wildman–Crippen MR) is 149 cm³/mol. The summed E-state index contributed by atoms with van der Waals surface area (Å²) < 4.78 is 16.6. The Morgan fingerprint density at radius 3 is 2.68 bits per heavy atom. The van der Waals surface area contributed by atoms with Gasteiger partial charge >= 0.3 is 0 Å². The van der Waals surface area contributed by atoms with Crippen molar-refractivity contribution >= 4 is 45.0 Å². The second-order valence-corrected chi connectivity index (χ2v) is 11.1. The molecule has 0 aliphatic carbocycles. The van der Waals surface area contributed by atoms with E-state index in [4.69, 9.17) is 21.6 Å². The predicted octanol–water partition coefficient (Wildman–Crippen LogP) is 4.93. The first-order chi connectivity index (χ1) is 18.0. The lowest BCUT2D eigenvalue weighted by Crippen LogP contribution is -2.58. The number of aromatic nitrogens is 2. The number of benzene rings is 3. The number of hydrogen-bond acceptors (Lipinski definition) is 6. The van der Waals surface area contributed by atoms with Gasteiger partial charge in [0, 0.05) is 48.7 Å². The van der Waals surface area contributed by atoms with Crippen LogP contribution in [0.2, 0.25) is 5.02 Å². The summed E-state index contributed by atoms with van der Waals surface area (Å²) in [5.41, 5.74) is 1.52. The quantitative estimate of drug-likeness (QED) is 0.415. The van der Waals surface area contributed by atoms with Crippen LogP contribution < -0.4 is 15.1 Å². The van der Waals surface area contributed by atoms with Gasteiger partial charge < -0.3 is 20.0 Å². The number of nitrogens with zero attached hydrogens (tertiary/aromatic N) is 5. The highest BCUT2D eigenvalue weighted by Gasteiger charge is 2.40. The smallest absolute Gasteiger partial charge is 0.228 e. The third-order valence-corrected chi connectivity index (χ3v) is 8.75. The number of rotatable bonds is 4. The fourth-order valence-corrected chi connectivity index (χ4v) is 6.59. The van der Waals surface area contributed by atoms with Crippen molar-refractivity contribution in [2.45, 2.75) is 31.0 Å². The Morgan fingerprint density at radius 2 is 1.84 bits per heavy atom. The van der Waals surface area contributed by atoms with Gasteiger partial charge in [0.2, 0.25) is 5.95 Å². The molecule has 6 nitrogen and oxygen atoms in total. The zero-order valence-corrected chi connectivity index (χ0v) is 21.8. The first-order valence-corrected chi connectivity index (χ1v) is 13.5. The number of halogens is 2. The third-order valence-electron chi connectivity index (χ3n) is 8.45. The van der Waals surface area contributed by atoms with Gasteiger partial charge in [-0.25, -0.2) is 9.37 Å². The van der Waals surface area contributed by atoms with Gasteiger partial charge in [0.15, 0.2) is 5.82 Å². The summed E-state index contributed by atoms with van der Waals surface area (Å²) in [6, 6.07) is 17.1. The normalized spacial score (nSPS) is 21.9. The van der Waals surface area contributed by atoms with Gasteiger partial charge in [0.1, 0.15) is 11.3 Å². The summed E-state index contributed by atoms with van der Waals surface area (Å²) in [5, 5.41) is 6.70. The highest BCUT2D eigenvalue weighted by molar-refractivity contribution is 6.35. The van der Waals surface area contributed by atoms with Crippen LogP contribution in [0.5, 0.6) is 0 Å². The minimum atomic E-state index is -0.381. The molecule has 0 spiro atoms. The van der Waals surface area contributed by atoms with Crippen LogP contribution >= 0.6 is 11.6 Å². The standard InChI is InChI=1S/C29H30ClFN6/c1-35(2)18-15-36(16-18)29-33-27-21(28(34-29)37-13-11-23-24(37)10-12-32-23)14-22(30)25(26(27)31)20-9-5-7-17-6-3-4-8-19(17)20/h3-9,14,18,23-24,32H,10-13,15-16H2,1-2H3. The van der Waals surface area contributed by atoms with Crippen LogP contribution in [-0.2, 0) is 0 Å². The molecule has 3 fully saturated rings. The summed E-state index contributed by atoms with van der Waals surface area (Å²) in [6.07, 6.45) is 2.12. The summed E-state index contributed by atoms with van der Waals surface area (Å²) in [5.74, 6) is 1.02. The van der Waals surface area contributed by atoms with Gasteiger partial charge in [-0.05, 0) is 55.9 Å². The van der Waals surface area contributed by atoms with Crippen LogP contribution in [0.4, 0.5) is 16.2 Å². The number of fused-ring (bicyclic) bond motifs is 3. The molecular weight excluding hydrogens is 487 g/mol. The van der Waals surface area contributed by atoms with Gasteiger partial charge in [0.05, 0.1) is 5.02 Å². The molecule has 0 amide bonds. The van der Waals surface area contributed by atoms with Gasteiger partial charge in [0.25, 0.3) is 0 Å². The van der Waals surface area contributed by atoms with Crippen LogP contribution in [0.1, 0.15) is 12.8 Å². The lowest BCUT2D eigenvalue weighted by Gasteiger charge is -2.43. The Labute approximate surface area is 221 Å². The molecule has 0 radical (unpaired) electrons. The molecule has 3 aliphatic rings. The summed E-state index contributed by atoms with van der Waals surface area (Å²) in [6.45, 7) is 3.55. The SMILES string of the molecule is CN(C)C1CN(c2nc(N3CCC4NCCC43)c3cc(Cl)c(-c4cccc5ccccc45)c(F)c3n2)C1. The zero-order chi connectivity index (χ0) is 25.3. The molecule has 3 saturated heterocycles. The number of likely N-dealkylation sites (N-methyl/N-ethyl adjacent to an activating group) is 1. The number of hydrogen-bond donors (Lipinski definition) is 1. The van der Waals surface area contributed by atoms with Crippen molar-refractivity contribution in [2.24, 2.45) is 0 Å². The van der Waals surface area contributed by atoms with Crippen LogP contribution in [0.15, 0.2) is 48.5 Å². The van der Waals surface area contributed by atoms with E-state index in [-0.39, 0.29) is 5.82 Å². The highest BCUT2D eigenvalue weighted by Crippen LogP contribution is 2.43. The minimum absolute atomic E-state index is 0.343. The Kier molecular flexibility index (Phi) is 5.50. The van der Waals surface area contributed by atoms with Gasteiger partial charge in [-0.1, -0.05) is 54.1 Å². The van der Waals surface area contributed by atoms with Crippen molar-refractivity contribution < 1.29 is 4.39 Å². The maximum Gasteiger partial charge on any atom is 0.228 e. The molecule has 3 aliphatic heterocycles. The van der Waals surface area contributed by atoms with E-state index in [1.54, 1.807) is 0 Å². The van der Waals surface area contributed by atoms with Crippen molar-refractivity contribution in [1.82, 2.24) is 20.2 Å². The zero-order valence-electron chi connectivity index (χ0n) is 21.1. The Balaban J connectivity index is 1.43. The Bertz CT molecular complexity index is 1510. The van der Waals surface area contributed by atoms with Crippen molar-refractivity contribution in [3.8, 4) is 11.1 Å². The molecule has 0 saturated carbocycles. The fourth-order valence-electron chi connectivity index (χ4n) is 6.29. The molecular formula is C29H30ClFN6. The third kappa shape index (κ3) is 3.67. The molecule has 7 rings (SSSR count). The second kappa shape index (κ2) is 8.79. The van der Waals surface area contributed by atoms with Gasteiger partial charge in [-0.15, -0.1) is 0 Å². The maximum atomic E-state index is 16.6. The Morgan fingerprint density at radius 1 is 1.03 bits per heavy atom. The van der Waals surface area contributed by atoms with E-state index in [1.165, 1.54) is 0 Å². The molecule has 1 N–H and O–H groups in total. The van der Waals surface area contributed by atoms with Crippen molar-refractivity contribution in [3.63, 3.8) is 0 Å². The lowest BCUT2D eigenvalue weighted by atomic mass is 9.96.